The number of hydrogen-bond acceptors (Lipinski definition) is 2. The second kappa shape index (κ2) is 5.21. The minimum absolute atomic E-state index is 0.0731. The highest BCUT2D eigenvalue weighted by atomic mass is 32.2. The van der Waals surface area contributed by atoms with Gasteiger partial charge in [0.05, 0.1) is 0 Å². The van der Waals surface area contributed by atoms with Gasteiger partial charge in [-0.3, -0.25) is 0 Å². The number of halogens is 3. The van der Waals surface area contributed by atoms with E-state index in [1.807, 2.05) is 4.72 Å². The number of hydrogen-bond donors (Lipinski definition) is 1. The van der Waals surface area contributed by atoms with E-state index in [1.54, 1.807) is 0 Å². The van der Waals surface area contributed by atoms with Gasteiger partial charge in [-0.25, -0.2) is 26.3 Å². The van der Waals surface area contributed by atoms with Crippen molar-refractivity contribution in [3.05, 3.63) is 29.6 Å². The third-order valence-electron chi connectivity index (χ3n) is 1.79. The van der Waals surface area contributed by atoms with Crippen molar-refractivity contribution < 1.29 is 21.6 Å². The molecular formula is C10H8F3NO2S. The van der Waals surface area contributed by atoms with Crippen LogP contribution in [0.2, 0.25) is 0 Å². The van der Waals surface area contributed by atoms with Crippen molar-refractivity contribution in [2.45, 2.75) is 11.3 Å². The molecule has 0 atom stereocenters. The van der Waals surface area contributed by atoms with Crippen molar-refractivity contribution in [1.82, 2.24) is 4.72 Å². The van der Waals surface area contributed by atoms with Crippen LogP contribution in [-0.2, 0) is 10.0 Å². The molecule has 1 rings (SSSR count). The van der Waals surface area contributed by atoms with Crippen LogP contribution in [0, 0.1) is 29.8 Å². The summed E-state index contributed by atoms with van der Waals surface area (Å²) in [7, 11) is -4.37. The molecule has 0 aliphatic rings. The van der Waals surface area contributed by atoms with Gasteiger partial charge in [-0.05, 0) is 0 Å². The normalized spacial score (nSPS) is 11.2. The molecule has 0 aromatic heterocycles. The van der Waals surface area contributed by atoms with Gasteiger partial charge in [0.1, 0.15) is 17.5 Å². The van der Waals surface area contributed by atoms with Crippen LogP contribution in [0.1, 0.15) is 6.42 Å². The lowest BCUT2D eigenvalue weighted by atomic mass is 10.3. The van der Waals surface area contributed by atoms with Crippen LogP contribution in [0.5, 0.6) is 0 Å². The molecule has 7 heteroatoms. The minimum Gasteiger partial charge on any atom is -0.210 e. The second-order valence-corrected chi connectivity index (χ2v) is 4.75. The van der Waals surface area contributed by atoms with Crippen LogP contribution >= 0.6 is 0 Å². The van der Waals surface area contributed by atoms with Crippen LogP contribution in [0.25, 0.3) is 0 Å². The first-order valence-corrected chi connectivity index (χ1v) is 5.94. The molecule has 0 unspecified atom stereocenters. The summed E-state index contributed by atoms with van der Waals surface area (Å²) < 4.78 is 63.8. The zero-order valence-corrected chi connectivity index (χ0v) is 9.32. The van der Waals surface area contributed by atoms with E-state index in [1.165, 1.54) is 0 Å². The van der Waals surface area contributed by atoms with E-state index in [0.717, 1.165) is 0 Å². The lowest BCUT2D eigenvalue weighted by Crippen LogP contribution is -2.26. The molecule has 0 heterocycles. The fraction of sp³-hybridized carbons (Fsp3) is 0.200. The molecule has 3 nitrogen and oxygen atoms in total. The molecule has 0 bridgehead atoms. The number of benzene rings is 1. The van der Waals surface area contributed by atoms with E-state index in [0.29, 0.717) is 12.1 Å². The largest absolute Gasteiger partial charge is 0.246 e. The predicted octanol–water partition coefficient (Wildman–Crippen LogP) is 1.41. The molecule has 0 aliphatic heterocycles. The van der Waals surface area contributed by atoms with E-state index in [9.17, 15) is 21.6 Å². The molecule has 0 spiro atoms. The Kier molecular flexibility index (Phi) is 4.15. The standard InChI is InChI=1S/C10H8F3NO2S/c1-2-3-4-14-17(15,16)10-8(12)5-7(11)6-9(10)13/h1,5-6,14H,3-4H2. The van der Waals surface area contributed by atoms with Crippen LogP contribution in [0.4, 0.5) is 13.2 Å². The summed E-state index contributed by atoms with van der Waals surface area (Å²) in [4.78, 5) is -1.21. The van der Waals surface area contributed by atoms with E-state index in [4.69, 9.17) is 6.42 Å². The van der Waals surface area contributed by atoms with Crippen molar-refractivity contribution in [3.8, 4) is 12.3 Å². The average Bonchev–Trinajstić information content (AvgIpc) is 2.15. The van der Waals surface area contributed by atoms with Crippen molar-refractivity contribution in [1.29, 1.82) is 0 Å². The average molecular weight is 263 g/mol. The first kappa shape index (κ1) is 13.5. The first-order chi connectivity index (χ1) is 7.88. The van der Waals surface area contributed by atoms with Gasteiger partial charge in [0.2, 0.25) is 10.0 Å². The number of terminal acetylenes is 1. The molecule has 0 saturated heterocycles. The Labute approximate surface area is 96.7 Å². The summed E-state index contributed by atoms with van der Waals surface area (Å²) in [5.74, 6) is -2.02. The Hall–Kier alpha value is -1.52. The minimum atomic E-state index is -4.37. The van der Waals surface area contributed by atoms with E-state index in [2.05, 4.69) is 5.92 Å². The molecule has 1 N–H and O–H groups in total. The van der Waals surface area contributed by atoms with Gasteiger partial charge in [0.15, 0.2) is 4.90 Å². The summed E-state index contributed by atoms with van der Waals surface area (Å²) in [6.07, 6.45) is 4.97. The smallest absolute Gasteiger partial charge is 0.210 e. The zero-order valence-electron chi connectivity index (χ0n) is 8.50. The Morgan fingerprint density at radius 2 is 1.76 bits per heavy atom. The number of rotatable bonds is 4. The van der Waals surface area contributed by atoms with Gasteiger partial charge in [0, 0.05) is 25.1 Å². The zero-order chi connectivity index (χ0) is 13.1. The highest BCUT2D eigenvalue weighted by Gasteiger charge is 2.24. The van der Waals surface area contributed by atoms with E-state index in [-0.39, 0.29) is 13.0 Å². The molecule has 17 heavy (non-hydrogen) atoms. The summed E-state index contributed by atoms with van der Waals surface area (Å²) in [5.41, 5.74) is 0. The summed E-state index contributed by atoms with van der Waals surface area (Å²) in [5, 5.41) is 0. The van der Waals surface area contributed by atoms with E-state index >= 15 is 0 Å². The number of sulfonamides is 1. The lowest BCUT2D eigenvalue weighted by molar-refractivity contribution is 0.494. The van der Waals surface area contributed by atoms with Gasteiger partial charge in [-0.2, -0.15) is 0 Å². The maximum absolute atomic E-state index is 13.2. The summed E-state index contributed by atoms with van der Waals surface area (Å²) in [6, 6.07) is 0.581. The van der Waals surface area contributed by atoms with Crippen LogP contribution in [0.3, 0.4) is 0 Å². The SMILES string of the molecule is C#CCCNS(=O)(=O)c1c(F)cc(F)cc1F. The fourth-order valence-electron chi connectivity index (χ4n) is 1.12. The molecule has 92 valence electrons. The Morgan fingerprint density at radius 1 is 1.24 bits per heavy atom. The van der Waals surface area contributed by atoms with Crippen molar-refractivity contribution in [2.24, 2.45) is 0 Å². The fourth-order valence-corrected chi connectivity index (χ4v) is 2.26. The van der Waals surface area contributed by atoms with Crippen molar-refractivity contribution in [3.63, 3.8) is 0 Å². The monoisotopic (exact) mass is 263 g/mol. The third kappa shape index (κ3) is 3.22. The molecule has 0 saturated carbocycles. The van der Waals surface area contributed by atoms with Gasteiger partial charge < -0.3 is 0 Å². The van der Waals surface area contributed by atoms with Gasteiger partial charge in [-0.15, -0.1) is 12.3 Å². The molecule has 0 aliphatic carbocycles. The van der Waals surface area contributed by atoms with Crippen LogP contribution < -0.4 is 4.72 Å². The summed E-state index contributed by atoms with van der Waals surface area (Å²) in [6.45, 7) is -0.158. The first-order valence-electron chi connectivity index (χ1n) is 4.46. The molecule has 0 amide bonds. The predicted molar refractivity (Wildman–Crippen MR) is 55.0 cm³/mol. The van der Waals surface area contributed by atoms with Crippen molar-refractivity contribution >= 4 is 10.0 Å². The van der Waals surface area contributed by atoms with Gasteiger partial charge in [0.25, 0.3) is 0 Å². The summed E-state index contributed by atoms with van der Waals surface area (Å²) >= 11 is 0. The lowest BCUT2D eigenvalue weighted by Gasteiger charge is -2.07. The maximum Gasteiger partial charge on any atom is 0.246 e. The molecule has 0 radical (unpaired) electrons. The molecule has 1 aromatic carbocycles. The second-order valence-electron chi connectivity index (χ2n) is 3.05. The molecule has 1 aromatic rings. The van der Waals surface area contributed by atoms with Crippen LogP contribution in [-0.4, -0.2) is 15.0 Å². The number of nitrogens with one attached hydrogen (secondary N) is 1. The van der Waals surface area contributed by atoms with Gasteiger partial charge in [-0.1, -0.05) is 0 Å². The maximum atomic E-state index is 13.2. The van der Waals surface area contributed by atoms with Crippen molar-refractivity contribution in [2.75, 3.05) is 6.54 Å². The van der Waals surface area contributed by atoms with E-state index < -0.39 is 32.4 Å². The Morgan fingerprint density at radius 3 is 2.24 bits per heavy atom. The highest BCUT2D eigenvalue weighted by molar-refractivity contribution is 7.89. The Bertz CT molecular complexity index is 540. The third-order valence-corrected chi connectivity index (χ3v) is 3.30. The topological polar surface area (TPSA) is 46.2 Å². The molecule has 0 fully saturated rings. The highest BCUT2D eigenvalue weighted by Crippen LogP contribution is 2.19. The quantitative estimate of drug-likeness (QED) is 0.659. The van der Waals surface area contributed by atoms with Crippen LogP contribution in [0.15, 0.2) is 17.0 Å². The molecular weight excluding hydrogens is 255 g/mol. The Balaban J connectivity index is 3.12. The van der Waals surface area contributed by atoms with Gasteiger partial charge >= 0.3 is 0 Å².